The molecule has 3 aromatic carbocycles. The van der Waals surface area contributed by atoms with Gasteiger partial charge in [0.1, 0.15) is 0 Å². The van der Waals surface area contributed by atoms with Gasteiger partial charge in [0.25, 0.3) is 0 Å². The molecule has 0 aromatic heterocycles. The van der Waals surface area contributed by atoms with Crippen LogP contribution < -0.4 is 10.6 Å². The van der Waals surface area contributed by atoms with Gasteiger partial charge in [-0.2, -0.15) is 0 Å². The van der Waals surface area contributed by atoms with E-state index in [-0.39, 0.29) is 5.52 Å². The van der Waals surface area contributed by atoms with Crippen LogP contribution in [0.1, 0.15) is 144 Å². The molecule has 0 unspecified atom stereocenters. The van der Waals surface area contributed by atoms with Crippen LogP contribution in [0, 0.1) is 20.8 Å². The van der Waals surface area contributed by atoms with E-state index in [0.717, 1.165) is 40.5 Å². The lowest BCUT2D eigenvalue weighted by atomic mass is 10.0. The number of hydrogen-bond donors (Lipinski definition) is 0. The number of aryl methyl sites for hydroxylation is 3. The summed E-state index contributed by atoms with van der Waals surface area (Å²) in [5.74, 6) is 0. The van der Waals surface area contributed by atoms with E-state index in [4.69, 9.17) is 4.74 Å². The summed E-state index contributed by atoms with van der Waals surface area (Å²) < 4.78 is 5.72. The van der Waals surface area contributed by atoms with E-state index >= 15 is 0 Å². The molecular weight excluding hydrogens is 567 g/mol. The molecule has 0 spiro atoms. The number of carbonyl (C=O) groups is 1. The fourth-order valence-corrected chi connectivity index (χ4v) is 8.23. The Morgan fingerprint density at radius 3 is 1.27 bits per heavy atom. The number of benzene rings is 3. The van der Waals surface area contributed by atoms with Crippen LogP contribution in [-0.2, 0) is 4.74 Å². The largest absolute Gasteiger partial charge is 0.381 e. The SMILES string of the molecule is CCCCCCCCCCOCCCCCCCCCC.Cc1cc(C)c(C(=O)P(c2ccccc2)c2ccccc2)c(C)c1. The Kier molecular flexibility index (Phi) is 21.5. The second kappa shape index (κ2) is 24.9. The van der Waals surface area contributed by atoms with Crippen LogP contribution in [0.2, 0.25) is 0 Å². The molecule has 0 heterocycles. The molecule has 0 atom stereocenters. The number of rotatable bonds is 22. The number of unbranched alkanes of at least 4 members (excludes halogenated alkanes) is 14. The predicted octanol–water partition coefficient (Wildman–Crippen LogP) is 12.2. The summed E-state index contributed by atoms with van der Waals surface area (Å²) in [6, 6.07) is 24.5. The van der Waals surface area contributed by atoms with Gasteiger partial charge >= 0.3 is 0 Å². The second-order valence-electron chi connectivity index (χ2n) is 12.6. The zero-order valence-corrected chi connectivity index (χ0v) is 30.3. The maximum absolute atomic E-state index is 13.5. The normalized spacial score (nSPS) is 11.0. The molecule has 0 saturated carbocycles. The Labute approximate surface area is 278 Å². The molecule has 248 valence electrons. The van der Waals surface area contributed by atoms with E-state index in [1.165, 1.54) is 108 Å². The third-order valence-corrected chi connectivity index (χ3v) is 10.7. The third kappa shape index (κ3) is 16.2. The maximum atomic E-state index is 13.5. The van der Waals surface area contributed by atoms with Gasteiger partial charge in [-0.15, -0.1) is 0 Å². The summed E-state index contributed by atoms with van der Waals surface area (Å²) in [7, 11) is -1.07. The Morgan fingerprint density at radius 1 is 0.533 bits per heavy atom. The monoisotopic (exact) mass is 630 g/mol. The van der Waals surface area contributed by atoms with Gasteiger partial charge in [0.15, 0.2) is 5.52 Å². The quantitative estimate of drug-likeness (QED) is 0.0815. The predicted molar refractivity (Wildman–Crippen MR) is 200 cm³/mol. The van der Waals surface area contributed by atoms with E-state index in [2.05, 4.69) is 57.2 Å². The number of ether oxygens (including phenoxy) is 1. The fraction of sp³-hybridized carbons (Fsp3) is 0.548. The second-order valence-corrected chi connectivity index (χ2v) is 14.8. The third-order valence-electron chi connectivity index (χ3n) is 8.41. The van der Waals surface area contributed by atoms with Crippen molar-refractivity contribution in [2.24, 2.45) is 0 Å². The first-order valence-corrected chi connectivity index (χ1v) is 19.4. The molecule has 0 saturated heterocycles. The highest BCUT2D eigenvalue weighted by Crippen LogP contribution is 2.39. The van der Waals surface area contributed by atoms with Crippen LogP contribution >= 0.6 is 7.92 Å². The van der Waals surface area contributed by atoms with Crippen molar-refractivity contribution in [2.45, 2.75) is 137 Å². The highest BCUT2D eigenvalue weighted by atomic mass is 31.1. The van der Waals surface area contributed by atoms with Gasteiger partial charge in [-0.1, -0.05) is 182 Å². The van der Waals surface area contributed by atoms with Crippen molar-refractivity contribution >= 4 is 24.1 Å². The smallest absolute Gasteiger partial charge is 0.193 e. The molecule has 0 aliphatic heterocycles. The van der Waals surface area contributed by atoms with Crippen molar-refractivity contribution < 1.29 is 9.53 Å². The summed E-state index contributed by atoms with van der Waals surface area (Å²) in [4.78, 5) is 13.5. The molecule has 0 fully saturated rings. The lowest BCUT2D eigenvalue weighted by Crippen LogP contribution is -2.19. The minimum atomic E-state index is -1.07. The average molecular weight is 631 g/mol. The van der Waals surface area contributed by atoms with Crippen LogP contribution in [0.5, 0.6) is 0 Å². The highest BCUT2D eigenvalue weighted by molar-refractivity contribution is 7.88. The van der Waals surface area contributed by atoms with Gasteiger partial charge in [0, 0.05) is 26.7 Å². The van der Waals surface area contributed by atoms with E-state index in [0.29, 0.717) is 0 Å². The van der Waals surface area contributed by atoms with Crippen LogP contribution in [-0.4, -0.2) is 18.7 Å². The summed E-state index contributed by atoms with van der Waals surface area (Å²) in [6.07, 6.45) is 22.2. The molecular formula is C42H63O2P. The van der Waals surface area contributed by atoms with Gasteiger partial charge in [0.05, 0.1) is 0 Å². The molecule has 3 rings (SSSR count). The van der Waals surface area contributed by atoms with Gasteiger partial charge in [0.2, 0.25) is 0 Å². The minimum Gasteiger partial charge on any atom is -0.381 e. The van der Waals surface area contributed by atoms with E-state index in [1.807, 2.05) is 50.2 Å². The molecule has 3 heteroatoms. The standard InChI is InChI=1S/C22H21OP.C20H42O/c1-16-14-17(2)21(18(3)15-16)22(23)24(19-10-6-4-7-11-19)20-12-8-5-9-13-20;1-3-5-7-9-11-13-15-17-19-21-20-18-16-14-12-10-8-6-4-2/h4-15H,1-3H3;3-20H2,1-2H3. The minimum absolute atomic E-state index is 0.234. The number of hydrogen-bond acceptors (Lipinski definition) is 2. The van der Waals surface area contributed by atoms with Crippen molar-refractivity contribution in [3.05, 3.63) is 95.1 Å². The van der Waals surface area contributed by atoms with E-state index < -0.39 is 7.92 Å². The zero-order chi connectivity index (χ0) is 32.5. The molecule has 0 N–H and O–H groups in total. The topological polar surface area (TPSA) is 26.3 Å². The van der Waals surface area contributed by atoms with Crippen LogP contribution in [0.25, 0.3) is 0 Å². The summed E-state index contributed by atoms with van der Waals surface area (Å²) in [6.45, 7) is 12.7. The first-order valence-electron chi connectivity index (χ1n) is 18.1. The molecule has 0 bridgehead atoms. The summed E-state index contributed by atoms with van der Waals surface area (Å²) >= 11 is 0. The first kappa shape index (κ1) is 38.9. The molecule has 0 amide bonds. The molecule has 0 radical (unpaired) electrons. The first-order chi connectivity index (χ1) is 22.0. The Bertz CT molecular complexity index is 1080. The summed E-state index contributed by atoms with van der Waals surface area (Å²) in [5, 5.41) is 2.20. The highest BCUT2D eigenvalue weighted by Gasteiger charge is 2.26. The van der Waals surface area contributed by atoms with Crippen molar-refractivity contribution in [3.63, 3.8) is 0 Å². The number of carbonyl (C=O) groups excluding carboxylic acids is 1. The van der Waals surface area contributed by atoms with Crippen molar-refractivity contribution in [1.82, 2.24) is 0 Å². The Balaban J connectivity index is 0.000000318. The van der Waals surface area contributed by atoms with Gasteiger partial charge < -0.3 is 4.74 Å². The van der Waals surface area contributed by atoms with Crippen molar-refractivity contribution in [2.75, 3.05) is 13.2 Å². The molecule has 3 aromatic rings. The lowest BCUT2D eigenvalue weighted by Gasteiger charge is -2.20. The lowest BCUT2D eigenvalue weighted by molar-refractivity contribution is 0.108. The zero-order valence-electron chi connectivity index (χ0n) is 29.4. The van der Waals surface area contributed by atoms with Crippen LogP contribution in [0.15, 0.2) is 72.8 Å². The van der Waals surface area contributed by atoms with Crippen LogP contribution in [0.4, 0.5) is 0 Å². The van der Waals surface area contributed by atoms with Gasteiger partial charge in [-0.3, -0.25) is 4.79 Å². The van der Waals surface area contributed by atoms with E-state index in [9.17, 15) is 4.79 Å². The van der Waals surface area contributed by atoms with Crippen LogP contribution in [0.3, 0.4) is 0 Å². The molecule has 45 heavy (non-hydrogen) atoms. The molecule has 0 aliphatic carbocycles. The summed E-state index contributed by atoms with van der Waals surface area (Å²) in [5.41, 5.74) is 4.44. The Hall–Kier alpha value is -2.28. The van der Waals surface area contributed by atoms with Crippen molar-refractivity contribution in [3.8, 4) is 0 Å². The average Bonchev–Trinajstić information content (AvgIpc) is 3.03. The fourth-order valence-electron chi connectivity index (χ4n) is 5.94. The Morgan fingerprint density at radius 2 is 0.889 bits per heavy atom. The molecule has 0 aliphatic rings. The van der Waals surface area contributed by atoms with Gasteiger partial charge in [-0.05, 0) is 55.3 Å². The van der Waals surface area contributed by atoms with E-state index in [1.54, 1.807) is 0 Å². The van der Waals surface area contributed by atoms with Gasteiger partial charge in [-0.25, -0.2) is 0 Å². The van der Waals surface area contributed by atoms with Crippen molar-refractivity contribution in [1.29, 1.82) is 0 Å². The molecule has 2 nitrogen and oxygen atoms in total. The maximum Gasteiger partial charge on any atom is 0.193 e.